The second-order valence-corrected chi connectivity index (χ2v) is 8.89. The first-order valence-electron chi connectivity index (χ1n) is 5.89. The van der Waals surface area contributed by atoms with Gasteiger partial charge in [0.2, 0.25) is 0 Å². The van der Waals surface area contributed by atoms with Crippen molar-refractivity contribution in [3.8, 4) is 0 Å². The maximum atomic E-state index is 10.7. The van der Waals surface area contributed by atoms with Crippen LogP contribution in [0.2, 0.25) is 3.93 Å². The van der Waals surface area contributed by atoms with Crippen LogP contribution >= 0.6 is 0 Å². The van der Waals surface area contributed by atoms with E-state index in [0.29, 0.717) is 18.3 Å². The Balaban J connectivity index is 2.41. The quantitative estimate of drug-likeness (QED) is 0.559. The SMILES string of the molecule is COC(CNc1nc(C)nc(N)n1)[CH2][Hg][O]C(C)=O. The molecule has 0 radical (unpaired) electrons. The molecule has 0 amide bonds. The van der Waals surface area contributed by atoms with Crippen molar-refractivity contribution in [1.82, 2.24) is 15.0 Å². The van der Waals surface area contributed by atoms with Gasteiger partial charge in [0, 0.05) is 0 Å². The van der Waals surface area contributed by atoms with Crippen LogP contribution in [0.25, 0.3) is 0 Å². The third kappa shape index (κ3) is 6.62. The van der Waals surface area contributed by atoms with E-state index in [4.69, 9.17) is 13.1 Å². The van der Waals surface area contributed by atoms with Gasteiger partial charge in [-0.25, -0.2) is 0 Å². The molecule has 0 saturated heterocycles. The van der Waals surface area contributed by atoms with Crippen molar-refractivity contribution in [2.24, 2.45) is 0 Å². The molecule has 1 heterocycles. The van der Waals surface area contributed by atoms with Crippen LogP contribution in [0.3, 0.4) is 0 Å². The maximum absolute atomic E-state index is 10.7. The summed E-state index contributed by atoms with van der Waals surface area (Å²) in [6.45, 7) is 3.71. The molecule has 1 aromatic rings. The summed E-state index contributed by atoms with van der Waals surface area (Å²) in [4.78, 5) is 22.7. The van der Waals surface area contributed by atoms with Crippen LogP contribution in [0, 0.1) is 6.92 Å². The number of nitrogens with zero attached hydrogens (tertiary/aromatic N) is 3. The molecule has 0 aliphatic heterocycles. The fourth-order valence-electron chi connectivity index (χ4n) is 1.42. The molecule has 0 bridgehead atoms. The van der Waals surface area contributed by atoms with Crippen LogP contribution < -0.4 is 11.1 Å². The third-order valence-corrected chi connectivity index (χ3v) is 8.12. The Morgan fingerprint density at radius 2 is 2.21 bits per heavy atom. The molecule has 1 atom stereocenters. The zero-order chi connectivity index (χ0) is 14.3. The first-order chi connectivity index (χ1) is 9.01. The van der Waals surface area contributed by atoms with Crippen molar-refractivity contribution in [1.29, 1.82) is 0 Å². The molecule has 0 spiro atoms. The number of aryl methyl sites for hydroxylation is 1. The van der Waals surface area contributed by atoms with E-state index in [2.05, 4.69) is 20.3 Å². The number of nitrogens with one attached hydrogen (secondary N) is 1. The van der Waals surface area contributed by atoms with Crippen LogP contribution in [0.4, 0.5) is 11.9 Å². The van der Waals surface area contributed by atoms with Crippen LogP contribution in [-0.4, -0.2) is 40.7 Å². The molecular formula is C10H17HgN5O3. The van der Waals surface area contributed by atoms with E-state index in [-0.39, 0.29) is 18.0 Å². The van der Waals surface area contributed by atoms with Crippen LogP contribution in [0.5, 0.6) is 0 Å². The predicted octanol–water partition coefficient (Wildman–Crippen LogP) is 0.168. The van der Waals surface area contributed by atoms with E-state index in [1.54, 1.807) is 14.0 Å². The summed E-state index contributed by atoms with van der Waals surface area (Å²) in [7, 11) is 1.63. The average Bonchev–Trinajstić information content (AvgIpc) is 2.32. The second-order valence-electron chi connectivity index (χ2n) is 3.93. The summed E-state index contributed by atoms with van der Waals surface area (Å²) in [6.07, 6.45) is -0.0145. The summed E-state index contributed by atoms with van der Waals surface area (Å²) in [6, 6.07) is 0. The number of nitrogen functional groups attached to an aromatic ring is 1. The normalized spacial score (nSPS) is 11.5. The summed E-state index contributed by atoms with van der Waals surface area (Å²) in [5, 5.41) is 3.04. The number of rotatable bonds is 7. The molecule has 1 aromatic heterocycles. The fourth-order valence-corrected chi connectivity index (χ4v) is 5.73. The van der Waals surface area contributed by atoms with Gasteiger partial charge in [0.05, 0.1) is 0 Å². The Morgan fingerprint density at radius 1 is 1.47 bits per heavy atom. The van der Waals surface area contributed by atoms with Crippen molar-refractivity contribution in [2.75, 3.05) is 24.7 Å². The first-order valence-corrected chi connectivity index (χ1v) is 12.0. The summed E-state index contributed by atoms with van der Waals surface area (Å²) in [5.74, 6) is 0.967. The van der Waals surface area contributed by atoms with Gasteiger partial charge in [-0.15, -0.1) is 0 Å². The van der Waals surface area contributed by atoms with E-state index in [1.165, 1.54) is 6.92 Å². The van der Waals surface area contributed by atoms with Crippen LogP contribution in [0.15, 0.2) is 0 Å². The number of anilines is 2. The van der Waals surface area contributed by atoms with Gasteiger partial charge >= 0.3 is 124 Å². The van der Waals surface area contributed by atoms with Crippen molar-refractivity contribution < 1.29 is 37.2 Å². The van der Waals surface area contributed by atoms with E-state index < -0.39 is 25.0 Å². The number of aromatic nitrogens is 3. The zero-order valence-corrected chi connectivity index (χ0v) is 16.8. The monoisotopic (exact) mass is 457 g/mol. The third-order valence-electron chi connectivity index (χ3n) is 2.33. The van der Waals surface area contributed by atoms with Crippen molar-refractivity contribution >= 4 is 17.9 Å². The van der Waals surface area contributed by atoms with E-state index in [0.717, 1.165) is 3.93 Å². The Kier molecular flexibility index (Phi) is 6.92. The Morgan fingerprint density at radius 3 is 2.79 bits per heavy atom. The molecule has 0 fully saturated rings. The molecule has 0 aromatic carbocycles. The second kappa shape index (κ2) is 8.21. The molecule has 0 aliphatic carbocycles. The molecule has 9 heteroatoms. The number of carbonyl (C=O) groups excluding carboxylic acids is 1. The Hall–Kier alpha value is -1.02. The van der Waals surface area contributed by atoms with Crippen LogP contribution in [0.1, 0.15) is 12.7 Å². The van der Waals surface area contributed by atoms with Crippen molar-refractivity contribution in [3.05, 3.63) is 5.82 Å². The number of nitrogens with two attached hydrogens (primary N) is 1. The van der Waals surface area contributed by atoms with Gasteiger partial charge < -0.3 is 0 Å². The summed E-state index contributed by atoms with van der Waals surface area (Å²) >= 11 is -1.63. The number of carbonyl (C=O) groups is 1. The number of hydrogen-bond donors (Lipinski definition) is 2. The van der Waals surface area contributed by atoms with Gasteiger partial charge in [0.1, 0.15) is 0 Å². The standard InChI is InChI=1S/C8H14N5O.C2H4O2.Hg/c1-5(14-3)4-10-8-12-6(2)11-7(9)13-8;1-2(3)4;/h5H,1,4H2,2-3H3,(H3,9,10,11,12,13);1H3,(H,3,4);/q;;+1/p-1. The average molecular weight is 456 g/mol. The zero-order valence-electron chi connectivity index (χ0n) is 11.3. The van der Waals surface area contributed by atoms with Gasteiger partial charge in [-0.3, -0.25) is 0 Å². The minimum absolute atomic E-state index is 0.0145. The molecule has 1 rings (SSSR count). The Labute approximate surface area is 124 Å². The summed E-state index contributed by atoms with van der Waals surface area (Å²) in [5.41, 5.74) is 5.53. The topological polar surface area (TPSA) is 112 Å². The first kappa shape index (κ1) is 16.0. The van der Waals surface area contributed by atoms with Crippen LogP contribution in [-0.2, 0) is 37.2 Å². The minimum atomic E-state index is -1.63. The van der Waals surface area contributed by atoms with Gasteiger partial charge in [0.15, 0.2) is 0 Å². The Bertz CT molecular complexity index is 411. The molecule has 8 nitrogen and oxygen atoms in total. The van der Waals surface area contributed by atoms with E-state index >= 15 is 0 Å². The fraction of sp³-hybridized carbons (Fsp3) is 0.600. The van der Waals surface area contributed by atoms with Gasteiger partial charge in [-0.2, -0.15) is 0 Å². The molecule has 102 valence electrons. The molecule has 0 saturated carbocycles. The van der Waals surface area contributed by atoms with Crippen molar-refractivity contribution in [2.45, 2.75) is 23.9 Å². The molecule has 19 heavy (non-hydrogen) atoms. The summed E-state index contributed by atoms with van der Waals surface area (Å²) < 4.78 is 11.2. The van der Waals surface area contributed by atoms with Gasteiger partial charge in [-0.1, -0.05) is 0 Å². The van der Waals surface area contributed by atoms with E-state index in [1.807, 2.05) is 0 Å². The van der Waals surface area contributed by atoms with Gasteiger partial charge in [0.25, 0.3) is 0 Å². The number of hydrogen-bond acceptors (Lipinski definition) is 8. The molecule has 0 aliphatic rings. The van der Waals surface area contributed by atoms with E-state index in [9.17, 15) is 4.79 Å². The predicted molar refractivity (Wildman–Crippen MR) is 64.8 cm³/mol. The van der Waals surface area contributed by atoms with Gasteiger partial charge in [-0.05, 0) is 0 Å². The molecule has 1 unspecified atom stereocenters. The number of ether oxygens (including phenoxy) is 1. The van der Waals surface area contributed by atoms with Crippen molar-refractivity contribution in [3.63, 3.8) is 0 Å². The molecule has 3 N–H and O–H groups in total. The number of methoxy groups -OCH3 is 1. The molecular weight excluding hydrogens is 439 g/mol.